The number of halogens is 1. The lowest BCUT2D eigenvalue weighted by atomic mass is 10.1. The molecule has 10 heteroatoms. The maximum Gasteiger partial charge on any atom is 0.317 e. The molecule has 29 heavy (non-hydrogen) atoms. The lowest BCUT2D eigenvalue weighted by molar-refractivity contribution is -0.385. The van der Waals surface area contributed by atoms with E-state index >= 15 is 0 Å². The van der Waals surface area contributed by atoms with Crippen molar-refractivity contribution in [1.29, 1.82) is 0 Å². The van der Waals surface area contributed by atoms with Crippen LogP contribution in [-0.2, 0) is 9.59 Å². The van der Waals surface area contributed by atoms with Crippen molar-refractivity contribution < 1.29 is 19.6 Å². The van der Waals surface area contributed by atoms with Gasteiger partial charge < -0.3 is 15.3 Å². The number of amides is 1. The topological polar surface area (TPSA) is 116 Å². The summed E-state index contributed by atoms with van der Waals surface area (Å²) in [6.07, 6.45) is 3.08. The van der Waals surface area contributed by atoms with E-state index in [0.717, 1.165) is 32.4 Å². The Hall–Kier alpha value is -2.23. The van der Waals surface area contributed by atoms with Gasteiger partial charge in [0.1, 0.15) is 0 Å². The van der Waals surface area contributed by atoms with E-state index in [1.807, 2.05) is 11.9 Å². The first-order valence-electron chi connectivity index (χ1n) is 9.46. The Kier molecular flexibility index (Phi) is 10.0. The number of carboxylic acid groups (broad SMARTS) is 1. The van der Waals surface area contributed by atoms with Crippen molar-refractivity contribution in [2.24, 2.45) is 0 Å². The Morgan fingerprint density at radius 2 is 2.07 bits per heavy atom. The maximum absolute atomic E-state index is 12.3. The summed E-state index contributed by atoms with van der Waals surface area (Å²) in [5.74, 6) is -0.996. The van der Waals surface area contributed by atoms with E-state index in [4.69, 9.17) is 5.11 Å². The third kappa shape index (κ3) is 7.60. The standard InChI is InChI=1S/C19H28N4O5.ClH/c1-14-16(6-3-7-17(14)23(27)28)20-18(24)9-12-22-10-4-5-15(8-11-22)21(2)13-19(25)26;/h3,6-7,15H,4-5,8-13H2,1-2H3,(H,20,24)(H,25,26);1H. The van der Waals surface area contributed by atoms with E-state index in [0.29, 0.717) is 24.2 Å². The lowest BCUT2D eigenvalue weighted by Crippen LogP contribution is -2.36. The number of aliphatic carboxylic acids is 1. The predicted molar refractivity (Wildman–Crippen MR) is 113 cm³/mol. The number of nitro groups is 1. The van der Waals surface area contributed by atoms with Crippen molar-refractivity contribution in [1.82, 2.24) is 9.80 Å². The summed E-state index contributed by atoms with van der Waals surface area (Å²) in [5, 5.41) is 22.7. The molecule has 1 aromatic carbocycles. The highest BCUT2D eigenvalue weighted by Gasteiger charge is 2.22. The highest BCUT2D eigenvalue weighted by molar-refractivity contribution is 5.92. The van der Waals surface area contributed by atoms with Gasteiger partial charge in [-0.1, -0.05) is 6.07 Å². The Morgan fingerprint density at radius 1 is 1.34 bits per heavy atom. The summed E-state index contributed by atoms with van der Waals surface area (Å²) in [7, 11) is 1.84. The summed E-state index contributed by atoms with van der Waals surface area (Å²) in [6, 6.07) is 4.88. The first kappa shape index (κ1) is 24.8. The molecule has 0 bridgehead atoms. The fourth-order valence-corrected chi connectivity index (χ4v) is 3.57. The van der Waals surface area contributed by atoms with E-state index in [9.17, 15) is 19.7 Å². The first-order valence-corrected chi connectivity index (χ1v) is 9.46. The molecule has 1 saturated heterocycles. The molecule has 9 nitrogen and oxygen atoms in total. The summed E-state index contributed by atoms with van der Waals surface area (Å²) in [6.45, 7) is 3.96. The van der Waals surface area contributed by atoms with Gasteiger partial charge in [-0.05, 0) is 52.4 Å². The normalized spacial score (nSPS) is 17.3. The fourth-order valence-electron chi connectivity index (χ4n) is 3.57. The number of nitrogens with zero attached hydrogens (tertiary/aromatic N) is 3. The molecular weight excluding hydrogens is 400 g/mol. The number of anilines is 1. The molecule has 0 aliphatic carbocycles. The quantitative estimate of drug-likeness (QED) is 0.482. The first-order chi connectivity index (χ1) is 13.3. The molecule has 2 N–H and O–H groups in total. The molecule has 2 rings (SSSR count). The van der Waals surface area contributed by atoms with Crippen LogP contribution in [0.1, 0.15) is 31.2 Å². The van der Waals surface area contributed by atoms with Crippen LogP contribution in [0.25, 0.3) is 0 Å². The number of likely N-dealkylation sites (tertiary alicyclic amines) is 1. The van der Waals surface area contributed by atoms with E-state index in [1.165, 1.54) is 6.07 Å². The molecule has 0 aromatic heterocycles. The summed E-state index contributed by atoms with van der Waals surface area (Å²) in [4.78, 5) is 37.8. The third-order valence-electron chi connectivity index (χ3n) is 5.23. The minimum absolute atomic E-state index is 0. The van der Waals surface area contributed by atoms with Crippen LogP contribution in [0.5, 0.6) is 0 Å². The van der Waals surface area contributed by atoms with Crippen molar-refractivity contribution in [3.05, 3.63) is 33.9 Å². The number of nitrogens with one attached hydrogen (secondary N) is 1. The molecule has 1 aromatic rings. The second-order valence-electron chi connectivity index (χ2n) is 7.24. The summed E-state index contributed by atoms with van der Waals surface area (Å²) in [5.41, 5.74) is 0.896. The lowest BCUT2D eigenvalue weighted by Gasteiger charge is -2.25. The number of carbonyl (C=O) groups is 2. The molecular formula is C19H29ClN4O5. The number of hydrogen-bond acceptors (Lipinski definition) is 6. The molecule has 1 heterocycles. The van der Waals surface area contributed by atoms with Gasteiger partial charge >= 0.3 is 5.97 Å². The predicted octanol–water partition coefficient (Wildman–Crippen LogP) is 2.52. The van der Waals surface area contributed by atoms with Gasteiger partial charge in [0, 0.05) is 25.1 Å². The molecule has 1 atom stereocenters. The minimum atomic E-state index is -0.822. The van der Waals surface area contributed by atoms with E-state index in [2.05, 4.69) is 10.2 Å². The largest absolute Gasteiger partial charge is 0.480 e. The number of nitro benzene ring substituents is 1. The SMILES string of the molecule is Cc1c(NC(=O)CCN2CCCC(N(C)CC(=O)O)CC2)cccc1[N+](=O)[O-].Cl. The minimum Gasteiger partial charge on any atom is -0.480 e. The zero-order chi connectivity index (χ0) is 20.7. The average Bonchev–Trinajstić information content (AvgIpc) is 2.86. The number of likely N-dealkylation sites (N-methyl/N-ethyl adjacent to an activating group) is 1. The van der Waals surface area contributed by atoms with Crippen LogP contribution >= 0.6 is 12.4 Å². The van der Waals surface area contributed by atoms with Crippen molar-refractivity contribution in [2.45, 2.75) is 38.6 Å². The van der Waals surface area contributed by atoms with Gasteiger partial charge in [-0.25, -0.2) is 0 Å². The molecule has 1 aliphatic rings. The number of carbonyl (C=O) groups excluding carboxylic acids is 1. The van der Waals surface area contributed by atoms with Crippen molar-refractivity contribution in [2.75, 3.05) is 38.5 Å². The number of rotatable bonds is 8. The summed E-state index contributed by atoms with van der Waals surface area (Å²) < 4.78 is 0. The Labute approximate surface area is 176 Å². The number of hydrogen-bond donors (Lipinski definition) is 2. The van der Waals surface area contributed by atoms with Gasteiger partial charge in [0.25, 0.3) is 5.69 Å². The van der Waals surface area contributed by atoms with Crippen molar-refractivity contribution in [3.8, 4) is 0 Å². The molecule has 1 amide bonds. The zero-order valence-electron chi connectivity index (χ0n) is 16.8. The second-order valence-corrected chi connectivity index (χ2v) is 7.24. The van der Waals surface area contributed by atoms with Gasteiger partial charge in [0.15, 0.2) is 0 Å². The monoisotopic (exact) mass is 428 g/mol. The molecule has 1 fully saturated rings. The Balaban J connectivity index is 0.00000420. The average molecular weight is 429 g/mol. The van der Waals surface area contributed by atoms with Crippen LogP contribution < -0.4 is 5.32 Å². The molecule has 0 spiro atoms. The molecule has 162 valence electrons. The molecule has 1 unspecified atom stereocenters. The smallest absolute Gasteiger partial charge is 0.317 e. The van der Waals surface area contributed by atoms with Gasteiger partial charge in [0.05, 0.1) is 22.7 Å². The molecule has 0 saturated carbocycles. The van der Waals surface area contributed by atoms with Crippen LogP contribution in [0.3, 0.4) is 0 Å². The number of benzene rings is 1. The zero-order valence-corrected chi connectivity index (χ0v) is 17.6. The van der Waals surface area contributed by atoms with Gasteiger partial charge in [0.2, 0.25) is 5.91 Å². The third-order valence-corrected chi connectivity index (χ3v) is 5.23. The Morgan fingerprint density at radius 3 is 2.72 bits per heavy atom. The van der Waals surface area contributed by atoms with Gasteiger partial charge in [-0.15, -0.1) is 12.4 Å². The van der Waals surface area contributed by atoms with Gasteiger partial charge in [-0.2, -0.15) is 0 Å². The second kappa shape index (κ2) is 11.7. The van der Waals surface area contributed by atoms with Crippen LogP contribution in [0.15, 0.2) is 18.2 Å². The van der Waals surface area contributed by atoms with E-state index < -0.39 is 10.9 Å². The van der Waals surface area contributed by atoms with Crippen LogP contribution in [0.2, 0.25) is 0 Å². The van der Waals surface area contributed by atoms with Crippen LogP contribution in [-0.4, -0.2) is 71.0 Å². The highest BCUT2D eigenvalue weighted by Crippen LogP contribution is 2.25. The molecule has 1 aliphatic heterocycles. The van der Waals surface area contributed by atoms with E-state index in [-0.39, 0.29) is 36.6 Å². The maximum atomic E-state index is 12.3. The Bertz CT molecular complexity index is 731. The van der Waals surface area contributed by atoms with Crippen LogP contribution in [0, 0.1) is 17.0 Å². The summed E-state index contributed by atoms with van der Waals surface area (Å²) >= 11 is 0. The van der Waals surface area contributed by atoms with Gasteiger partial charge in [-0.3, -0.25) is 24.6 Å². The fraction of sp³-hybridized carbons (Fsp3) is 0.579. The number of carboxylic acids is 1. The van der Waals surface area contributed by atoms with Crippen molar-refractivity contribution in [3.63, 3.8) is 0 Å². The van der Waals surface area contributed by atoms with E-state index in [1.54, 1.807) is 19.1 Å². The molecule has 0 radical (unpaired) electrons. The van der Waals surface area contributed by atoms with Crippen LogP contribution in [0.4, 0.5) is 11.4 Å². The van der Waals surface area contributed by atoms with Crippen molar-refractivity contribution >= 4 is 35.7 Å². The highest BCUT2D eigenvalue weighted by atomic mass is 35.5.